The van der Waals surface area contributed by atoms with E-state index in [-0.39, 0.29) is 23.7 Å². The lowest BCUT2D eigenvalue weighted by Crippen LogP contribution is -2.46. The van der Waals surface area contributed by atoms with Crippen molar-refractivity contribution < 1.29 is 9.53 Å². The van der Waals surface area contributed by atoms with Gasteiger partial charge in [-0.2, -0.15) is 0 Å². The summed E-state index contributed by atoms with van der Waals surface area (Å²) >= 11 is 6.53. The van der Waals surface area contributed by atoms with Crippen molar-refractivity contribution in [3.8, 4) is 0 Å². The van der Waals surface area contributed by atoms with Gasteiger partial charge in [0.1, 0.15) is 15.8 Å². The van der Waals surface area contributed by atoms with Gasteiger partial charge in [0, 0.05) is 25.8 Å². The number of thiocarbonyl (C=S) groups is 1. The number of fused-ring (bicyclic) bond motifs is 1. The number of thioether (sulfide) groups is 1. The van der Waals surface area contributed by atoms with Crippen LogP contribution in [0.4, 0.5) is 5.82 Å². The molecule has 0 bridgehead atoms. The van der Waals surface area contributed by atoms with E-state index in [1.54, 1.807) is 24.4 Å². The molecule has 0 radical (unpaired) electrons. The molecular formula is C20H22N4O3S2. The van der Waals surface area contributed by atoms with E-state index < -0.39 is 0 Å². The van der Waals surface area contributed by atoms with Crippen LogP contribution in [0, 0.1) is 0 Å². The van der Waals surface area contributed by atoms with Crippen molar-refractivity contribution in [1.82, 2.24) is 14.3 Å². The van der Waals surface area contributed by atoms with E-state index in [1.165, 1.54) is 21.1 Å². The molecule has 2 aromatic rings. The third-order valence-electron chi connectivity index (χ3n) is 4.93. The van der Waals surface area contributed by atoms with Gasteiger partial charge in [-0.15, -0.1) is 0 Å². The minimum absolute atomic E-state index is 0.0147. The molecule has 152 valence electrons. The van der Waals surface area contributed by atoms with Crippen molar-refractivity contribution in [1.29, 1.82) is 0 Å². The van der Waals surface area contributed by atoms with Crippen LogP contribution in [0.2, 0.25) is 0 Å². The summed E-state index contributed by atoms with van der Waals surface area (Å²) in [7, 11) is 0. The third-order valence-corrected chi connectivity index (χ3v) is 6.31. The Balaban J connectivity index is 1.89. The van der Waals surface area contributed by atoms with Crippen LogP contribution in [-0.4, -0.2) is 56.4 Å². The van der Waals surface area contributed by atoms with Gasteiger partial charge in [0.25, 0.3) is 11.5 Å². The number of pyridine rings is 1. The fourth-order valence-corrected chi connectivity index (χ4v) is 5.08. The first-order chi connectivity index (χ1) is 13.9. The molecule has 0 spiro atoms. The summed E-state index contributed by atoms with van der Waals surface area (Å²) in [4.78, 5) is 34.9. The maximum absolute atomic E-state index is 13.3. The van der Waals surface area contributed by atoms with E-state index in [4.69, 9.17) is 21.9 Å². The maximum Gasteiger partial charge on any atom is 0.267 e. The van der Waals surface area contributed by atoms with Crippen LogP contribution in [0.15, 0.2) is 34.1 Å². The normalized spacial score (nSPS) is 24.2. The topological polar surface area (TPSA) is 67.2 Å². The van der Waals surface area contributed by atoms with Crippen LogP contribution >= 0.6 is 24.0 Å². The predicted molar refractivity (Wildman–Crippen MR) is 119 cm³/mol. The number of carbonyl (C=O) groups excluding carboxylic acids is 1. The van der Waals surface area contributed by atoms with Gasteiger partial charge in [-0.25, -0.2) is 4.98 Å². The first-order valence-electron chi connectivity index (χ1n) is 9.56. The number of hydrogen-bond donors (Lipinski definition) is 0. The summed E-state index contributed by atoms with van der Waals surface area (Å²) < 4.78 is 7.85. The minimum Gasteiger partial charge on any atom is -0.372 e. The van der Waals surface area contributed by atoms with Gasteiger partial charge in [0.05, 0.1) is 22.7 Å². The van der Waals surface area contributed by atoms with E-state index in [0.717, 1.165) is 0 Å². The van der Waals surface area contributed by atoms with Crippen molar-refractivity contribution in [3.63, 3.8) is 0 Å². The summed E-state index contributed by atoms with van der Waals surface area (Å²) in [6, 6.07) is 5.44. The number of ether oxygens (including phenoxy) is 1. The van der Waals surface area contributed by atoms with Crippen molar-refractivity contribution in [2.75, 3.05) is 24.5 Å². The fourth-order valence-electron chi connectivity index (χ4n) is 3.71. The zero-order chi connectivity index (χ0) is 20.7. The Morgan fingerprint density at radius 2 is 2.00 bits per heavy atom. The quantitative estimate of drug-likeness (QED) is 0.548. The zero-order valence-electron chi connectivity index (χ0n) is 16.5. The average Bonchev–Trinajstić information content (AvgIpc) is 2.95. The van der Waals surface area contributed by atoms with Crippen molar-refractivity contribution in [2.24, 2.45) is 0 Å². The van der Waals surface area contributed by atoms with Crippen molar-refractivity contribution >= 4 is 51.7 Å². The lowest BCUT2D eigenvalue weighted by Gasteiger charge is -2.36. The van der Waals surface area contributed by atoms with Crippen LogP contribution in [0.3, 0.4) is 0 Å². The number of amides is 1. The lowest BCUT2D eigenvalue weighted by molar-refractivity contribution is -0.121. The van der Waals surface area contributed by atoms with Gasteiger partial charge in [-0.05, 0) is 39.0 Å². The second kappa shape index (κ2) is 7.89. The summed E-state index contributed by atoms with van der Waals surface area (Å²) in [6.07, 6.45) is 3.36. The van der Waals surface area contributed by atoms with Gasteiger partial charge in [0.15, 0.2) is 0 Å². The van der Waals surface area contributed by atoms with Gasteiger partial charge < -0.3 is 9.64 Å². The number of hydrogen-bond acceptors (Lipinski definition) is 7. The number of rotatable bonds is 3. The molecule has 1 amide bonds. The fraction of sp³-hybridized carbons (Fsp3) is 0.400. The summed E-state index contributed by atoms with van der Waals surface area (Å²) in [5, 5.41) is 0. The smallest absolute Gasteiger partial charge is 0.267 e. The molecule has 2 aliphatic rings. The van der Waals surface area contributed by atoms with Crippen LogP contribution in [0.5, 0.6) is 0 Å². The van der Waals surface area contributed by atoms with E-state index in [2.05, 4.69) is 4.90 Å². The molecule has 2 atom stereocenters. The molecule has 4 rings (SSSR count). The SMILES string of the molecule is CCN1C(=O)C(=Cc2c(N3CC(C)OC(C)C3)nc3ccccn3c2=O)SC1=S. The monoisotopic (exact) mass is 430 g/mol. The van der Waals surface area contributed by atoms with Gasteiger partial charge in [-0.1, -0.05) is 30.0 Å². The molecule has 0 saturated carbocycles. The number of likely N-dealkylation sites (N-methyl/N-ethyl adjacent to an activating group) is 1. The molecule has 2 saturated heterocycles. The molecule has 9 heteroatoms. The first kappa shape index (κ1) is 20.1. The lowest BCUT2D eigenvalue weighted by atomic mass is 10.2. The molecule has 7 nitrogen and oxygen atoms in total. The zero-order valence-corrected chi connectivity index (χ0v) is 18.1. The Bertz CT molecular complexity index is 1070. The average molecular weight is 431 g/mol. The first-order valence-corrected chi connectivity index (χ1v) is 10.8. The number of nitrogens with zero attached hydrogens (tertiary/aromatic N) is 4. The van der Waals surface area contributed by atoms with E-state index in [9.17, 15) is 9.59 Å². The molecule has 4 heterocycles. The standard InChI is InChI=1S/C20H22N4O3S2/c1-4-23-19(26)15(29-20(23)28)9-14-17(22-10-12(2)27-13(3)11-22)21-16-7-5-6-8-24(16)18(14)25/h5-9,12-13H,4,10-11H2,1-3H3. The third kappa shape index (κ3) is 3.70. The molecule has 0 N–H and O–H groups in total. The Morgan fingerprint density at radius 3 is 2.66 bits per heavy atom. The molecule has 29 heavy (non-hydrogen) atoms. The molecule has 2 aliphatic heterocycles. The molecule has 2 fully saturated rings. The molecular weight excluding hydrogens is 408 g/mol. The van der Waals surface area contributed by atoms with Crippen molar-refractivity contribution in [2.45, 2.75) is 33.0 Å². The molecule has 0 aromatic carbocycles. The second-order valence-electron chi connectivity index (χ2n) is 7.17. The highest BCUT2D eigenvalue weighted by atomic mass is 32.2. The van der Waals surface area contributed by atoms with E-state index in [0.29, 0.717) is 45.9 Å². The van der Waals surface area contributed by atoms with Gasteiger partial charge in [0.2, 0.25) is 0 Å². The van der Waals surface area contributed by atoms with E-state index >= 15 is 0 Å². The Morgan fingerprint density at radius 1 is 1.28 bits per heavy atom. The van der Waals surface area contributed by atoms with Gasteiger partial charge in [-0.3, -0.25) is 18.9 Å². The number of carbonyl (C=O) groups is 1. The summed E-state index contributed by atoms with van der Waals surface area (Å²) in [6.45, 7) is 7.63. The van der Waals surface area contributed by atoms with Crippen LogP contribution in [0.1, 0.15) is 26.3 Å². The summed E-state index contributed by atoms with van der Waals surface area (Å²) in [5.74, 6) is 0.402. The van der Waals surface area contributed by atoms with Gasteiger partial charge >= 0.3 is 0 Å². The maximum atomic E-state index is 13.3. The predicted octanol–water partition coefficient (Wildman–Crippen LogP) is 2.53. The largest absolute Gasteiger partial charge is 0.372 e. The molecule has 2 unspecified atom stereocenters. The Kier molecular flexibility index (Phi) is 5.46. The number of aromatic nitrogens is 2. The number of morpholine rings is 1. The van der Waals surface area contributed by atoms with Crippen LogP contribution in [-0.2, 0) is 9.53 Å². The minimum atomic E-state index is -0.209. The summed E-state index contributed by atoms with van der Waals surface area (Å²) in [5.41, 5.74) is 0.753. The molecule has 2 aromatic heterocycles. The Labute approximate surface area is 178 Å². The highest BCUT2D eigenvalue weighted by molar-refractivity contribution is 8.26. The van der Waals surface area contributed by atoms with Crippen LogP contribution in [0.25, 0.3) is 11.7 Å². The molecule has 0 aliphatic carbocycles. The van der Waals surface area contributed by atoms with Crippen molar-refractivity contribution in [3.05, 3.63) is 45.2 Å². The Hall–Kier alpha value is -2.23. The van der Waals surface area contributed by atoms with Crippen LogP contribution < -0.4 is 10.5 Å². The highest BCUT2D eigenvalue weighted by Gasteiger charge is 2.32. The number of anilines is 1. The second-order valence-corrected chi connectivity index (χ2v) is 8.85. The highest BCUT2D eigenvalue weighted by Crippen LogP contribution is 2.33. The van der Waals surface area contributed by atoms with E-state index in [1.807, 2.05) is 26.8 Å².